The van der Waals surface area contributed by atoms with Crippen molar-refractivity contribution in [3.05, 3.63) is 65.8 Å². The van der Waals surface area contributed by atoms with Gasteiger partial charge in [-0.05, 0) is 36.4 Å². The van der Waals surface area contributed by atoms with Crippen LogP contribution in [-0.4, -0.2) is 34.9 Å². The van der Waals surface area contributed by atoms with Gasteiger partial charge in [-0.1, -0.05) is 17.8 Å². The fourth-order valence-corrected chi connectivity index (χ4v) is 2.83. The molecule has 0 saturated carbocycles. The topological polar surface area (TPSA) is 106 Å². The number of hydrogen-bond acceptors (Lipinski definition) is 7. The molecule has 2 N–H and O–H groups in total. The second-order valence-corrected chi connectivity index (χ2v) is 6.65. The van der Waals surface area contributed by atoms with Gasteiger partial charge >= 0.3 is 0 Å². The fraction of sp³-hybridized carbons (Fsp3) is 0.158. The van der Waals surface area contributed by atoms with E-state index >= 15 is 0 Å². The molecule has 0 unspecified atom stereocenters. The highest BCUT2D eigenvalue weighted by molar-refractivity contribution is 7.99. The molecule has 0 atom stereocenters. The first-order valence-electron chi connectivity index (χ1n) is 8.46. The lowest BCUT2D eigenvalue weighted by molar-refractivity contribution is -0.113. The third-order valence-electron chi connectivity index (χ3n) is 3.64. The predicted molar refractivity (Wildman–Crippen MR) is 104 cm³/mol. The summed E-state index contributed by atoms with van der Waals surface area (Å²) in [5, 5.41) is 13.2. The first-order valence-corrected chi connectivity index (χ1v) is 9.45. The van der Waals surface area contributed by atoms with Crippen molar-refractivity contribution in [1.29, 1.82) is 0 Å². The van der Waals surface area contributed by atoms with Crippen LogP contribution >= 0.6 is 11.8 Å². The first kappa shape index (κ1) is 20.3. The molecule has 0 saturated heterocycles. The summed E-state index contributed by atoms with van der Waals surface area (Å²) in [7, 11) is 1.55. The lowest BCUT2D eigenvalue weighted by Crippen LogP contribution is -2.22. The summed E-state index contributed by atoms with van der Waals surface area (Å²) in [6, 6.07) is 12.2. The van der Waals surface area contributed by atoms with Gasteiger partial charge in [-0.25, -0.2) is 4.39 Å². The minimum Gasteiger partial charge on any atom is -0.497 e. The van der Waals surface area contributed by atoms with Crippen LogP contribution < -0.4 is 15.4 Å². The van der Waals surface area contributed by atoms with E-state index in [1.54, 1.807) is 31.4 Å². The number of hydrogen-bond donors (Lipinski definition) is 2. The smallest absolute Gasteiger partial charge is 0.277 e. The molecule has 10 heteroatoms. The fourth-order valence-electron chi connectivity index (χ4n) is 2.25. The van der Waals surface area contributed by atoms with Crippen molar-refractivity contribution in [2.24, 2.45) is 0 Å². The van der Waals surface area contributed by atoms with Crippen molar-refractivity contribution in [3.8, 4) is 5.75 Å². The van der Waals surface area contributed by atoms with E-state index in [-0.39, 0.29) is 29.3 Å². The van der Waals surface area contributed by atoms with Gasteiger partial charge in [0.15, 0.2) is 0 Å². The number of carbonyl (C=O) groups excluding carboxylic acids is 2. The number of aromatic nitrogens is 2. The van der Waals surface area contributed by atoms with Gasteiger partial charge in [0, 0.05) is 17.3 Å². The van der Waals surface area contributed by atoms with E-state index in [4.69, 9.17) is 9.15 Å². The van der Waals surface area contributed by atoms with Gasteiger partial charge in [0.25, 0.3) is 11.1 Å². The Morgan fingerprint density at radius 3 is 2.72 bits per heavy atom. The Hall–Kier alpha value is -3.40. The largest absolute Gasteiger partial charge is 0.497 e. The van der Waals surface area contributed by atoms with Gasteiger partial charge in [0.2, 0.25) is 11.8 Å². The lowest BCUT2D eigenvalue weighted by atomic mass is 10.2. The third kappa shape index (κ3) is 6.04. The van der Waals surface area contributed by atoms with E-state index < -0.39 is 11.7 Å². The van der Waals surface area contributed by atoms with Crippen LogP contribution in [0.3, 0.4) is 0 Å². The van der Waals surface area contributed by atoms with Crippen LogP contribution in [0.5, 0.6) is 5.75 Å². The summed E-state index contributed by atoms with van der Waals surface area (Å²) in [5.41, 5.74) is 0.930. The van der Waals surface area contributed by atoms with Gasteiger partial charge < -0.3 is 19.8 Å². The monoisotopic (exact) mass is 416 g/mol. The number of amides is 2. The zero-order chi connectivity index (χ0) is 20.6. The Morgan fingerprint density at radius 1 is 1.17 bits per heavy atom. The zero-order valence-corrected chi connectivity index (χ0v) is 16.2. The average Bonchev–Trinajstić information content (AvgIpc) is 3.19. The standard InChI is InChI=1S/C19H17FN4O4S/c1-27-15-4-2-3-14(9-15)22-16(25)11-29-19-24-23-17(28-19)10-21-18(26)12-5-7-13(20)8-6-12/h2-9H,10-11H2,1H3,(H,21,26)(H,22,25). The van der Waals surface area contributed by atoms with Crippen LogP contribution in [0.15, 0.2) is 58.2 Å². The maximum absolute atomic E-state index is 12.9. The summed E-state index contributed by atoms with van der Waals surface area (Å²) in [6.45, 7) is 0.0137. The molecule has 0 radical (unpaired) electrons. The van der Waals surface area contributed by atoms with E-state index in [1.807, 2.05) is 0 Å². The number of benzene rings is 2. The van der Waals surface area contributed by atoms with Crippen molar-refractivity contribution < 1.29 is 23.1 Å². The third-order valence-corrected chi connectivity index (χ3v) is 4.45. The highest BCUT2D eigenvalue weighted by atomic mass is 32.2. The second kappa shape index (κ2) is 9.69. The van der Waals surface area contributed by atoms with Crippen LogP contribution in [0.2, 0.25) is 0 Å². The van der Waals surface area contributed by atoms with Gasteiger partial charge in [0.1, 0.15) is 11.6 Å². The highest BCUT2D eigenvalue weighted by Gasteiger charge is 2.12. The van der Waals surface area contributed by atoms with Gasteiger partial charge in [-0.2, -0.15) is 0 Å². The number of ether oxygens (including phenoxy) is 1. The van der Waals surface area contributed by atoms with Gasteiger partial charge in [0.05, 0.1) is 19.4 Å². The summed E-state index contributed by atoms with van der Waals surface area (Å²) in [4.78, 5) is 24.0. The number of rotatable bonds is 8. The quantitative estimate of drug-likeness (QED) is 0.544. The SMILES string of the molecule is COc1cccc(NC(=O)CSc2nnc(CNC(=O)c3ccc(F)cc3)o2)c1. The molecule has 3 rings (SSSR count). The van der Waals surface area contributed by atoms with Crippen LogP contribution in [-0.2, 0) is 11.3 Å². The van der Waals surface area contributed by atoms with Crippen LogP contribution in [0.25, 0.3) is 0 Å². The molecular formula is C19H17FN4O4S. The molecule has 8 nitrogen and oxygen atoms in total. The molecule has 0 aliphatic rings. The Kier molecular flexibility index (Phi) is 6.80. The molecule has 1 aromatic heterocycles. The number of nitrogens with one attached hydrogen (secondary N) is 2. The average molecular weight is 416 g/mol. The molecule has 1 heterocycles. The van der Waals surface area contributed by atoms with E-state index in [9.17, 15) is 14.0 Å². The summed E-state index contributed by atoms with van der Waals surface area (Å²) in [6.07, 6.45) is 0. The lowest BCUT2D eigenvalue weighted by Gasteiger charge is -2.05. The minimum absolute atomic E-state index is 0.0137. The normalized spacial score (nSPS) is 10.4. The van der Waals surface area contributed by atoms with Crippen molar-refractivity contribution in [2.75, 3.05) is 18.2 Å². The van der Waals surface area contributed by atoms with Crippen molar-refractivity contribution >= 4 is 29.3 Å². The molecule has 150 valence electrons. The predicted octanol–water partition coefficient (Wildman–Crippen LogP) is 2.88. The van der Waals surface area contributed by atoms with Crippen molar-refractivity contribution in [3.63, 3.8) is 0 Å². The number of anilines is 1. The molecule has 0 aliphatic heterocycles. The summed E-state index contributed by atoms with van der Waals surface area (Å²) >= 11 is 1.07. The van der Waals surface area contributed by atoms with E-state index in [0.29, 0.717) is 17.0 Å². The zero-order valence-electron chi connectivity index (χ0n) is 15.3. The molecular weight excluding hydrogens is 399 g/mol. The van der Waals surface area contributed by atoms with E-state index in [1.165, 1.54) is 24.3 Å². The number of thioether (sulfide) groups is 1. The number of halogens is 1. The number of carbonyl (C=O) groups is 2. The first-order chi connectivity index (χ1) is 14.0. The molecule has 2 aromatic carbocycles. The molecule has 0 fully saturated rings. The van der Waals surface area contributed by atoms with Crippen LogP contribution in [0, 0.1) is 5.82 Å². The molecule has 0 aliphatic carbocycles. The molecule has 29 heavy (non-hydrogen) atoms. The Bertz CT molecular complexity index is 994. The van der Waals surface area contributed by atoms with Crippen LogP contribution in [0.4, 0.5) is 10.1 Å². The molecule has 3 aromatic rings. The van der Waals surface area contributed by atoms with Gasteiger partial charge in [-0.3, -0.25) is 9.59 Å². The second-order valence-electron chi connectivity index (χ2n) is 5.72. The molecule has 0 spiro atoms. The van der Waals surface area contributed by atoms with E-state index in [2.05, 4.69) is 20.8 Å². The maximum atomic E-state index is 12.9. The summed E-state index contributed by atoms with van der Waals surface area (Å²) < 4.78 is 23.4. The van der Waals surface area contributed by atoms with E-state index in [0.717, 1.165) is 11.8 Å². The Balaban J connectivity index is 1.45. The molecule has 2 amide bonds. The molecule has 0 bridgehead atoms. The van der Waals surface area contributed by atoms with Crippen molar-refractivity contribution in [2.45, 2.75) is 11.8 Å². The van der Waals surface area contributed by atoms with Gasteiger partial charge in [-0.15, -0.1) is 10.2 Å². The maximum Gasteiger partial charge on any atom is 0.277 e. The number of methoxy groups -OCH3 is 1. The summed E-state index contributed by atoms with van der Waals surface area (Å²) in [5.74, 6) is -0.157. The van der Waals surface area contributed by atoms with Crippen molar-refractivity contribution in [1.82, 2.24) is 15.5 Å². The minimum atomic E-state index is -0.421. The number of nitrogens with zero attached hydrogens (tertiary/aromatic N) is 2. The Morgan fingerprint density at radius 2 is 1.97 bits per heavy atom. The highest BCUT2D eigenvalue weighted by Crippen LogP contribution is 2.19. The van der Waals surface area contributed by atoms with Crippen LogP contribution in [0.1, 0.15) is 16.2 Å². The Labute approximate surface area is 169 Å².